The molecule has 0 spiro atoms. The zero-order valence-electron chi connectivity index (χ0n) is 12.5. The summed E-state index contributed by atoms with van der Waals surface area (Å²) in [6.45, 7) is 4.41. The van der Waals surface area contributed by atoms with Gasteiger partial charge in [0.05, 0.1) is 0 Å². The van der Waals surface area contributed by atoms with Gasteiger partial charge in [0, 0.05) is 23.7 Å². The van der Waals surface area contributed by atoms with Gasteiger partial charge in [-0.15, -0.1) is 0 Å². The second-order valence-corrected chi connectivity index (χ2v) is 6.93. The lowest BCUT2D eigenvalue weighted by Crippen LogP contribution is -2.41. The summed E-state index contributed by atoms with van der Waals surface area (Å²) in [5.74, 6) is 0.702. The first-order chi connectivity index (χ1) is 9.65. The van der Waals surface area contributed by atoms with Crippen LogP contribution in [0.3, 0.4) is 0 Å². The van der Waals surface area contributed by atoms with Crippen LogP contribution in [0.2, 0.25) is 5.02 Å². The molecule has 1 saturated carbocycles. The molecule has 3 rings (SSSR count). The van der Waals surface area contributed by atoms with Crippen LogP contribution in [-0.2, 0) is 0 Å². The van der Waals surface area contributed by atoms with Gasteiger partial charge in [0.25, 0.3) is 0 Å². The zero-order valence-corrected chi connectivity index (χ0v) is 13.3. The van der Waals surface area contributed by atoms with Crippen LogP contribution in [0.1, 0.15) is 42.9 Å². The van der Waals surface area contributed by atoms with E-state index in [1.807, 2.05) is 0 Å². The van der Waals surface area contributed by atoms with Gasteiger partial charge in [-0.25, -0.2) is 0 Å². The molecule has 0 aromatic heterocycles. The second kappa shape index (κ2) is 6.05. The Morgan fingerprint density at radius 1 is 1.30 bits per heavy atom. The van der Waals surface area contributed by atoms with Crippen molar-refractivity contribution in [2.24, 2.45) is 5.92 Å². The number of hydrogen-bond donors (Lipinski definition) is 1. The van der Waals surface area contributed by atoms with Crippen molar-refractivity contribution in [1.82, 2.24) is 10.2 Å². The standard InChI is InChI=1S/C17H25ClN2/c1-12-5-6-13(10-16(12)18)17-14(4-3-9-20(17)2)11-19-15-7-8-15/h5-6,10,14-15,17,19H,3-4,7-9,11H2,1-2H3. The minimum atomic E-state index is 0.507. The van der Waals surface area contributed by atoms with E-state index < -0.39 is 0 Å². The average Bonchev–Trinajstić information content (AvgIpc) is 3.24. The molecule has 2 nitrogen and oxygen atoms in total. The van der Waals surface area contributed by atoms with Crippen LogP contribution in [-0.4, -0.2) is 31.1 Å². The summed E-state index contributed by atoms with van der Waals surface area (Å²) in [6, 6.07) is 7.90. The fraction of sp³-hybridized carbons (Fsp3) is 0.647. The zero-order chi connectivity index (χ0) is 14.1. The Morgan fingerprint density at radius 3 is 2.80 bits per heavy atom. The summed E-state index contributed by atoms with van der Waals surface area (Å²) in [5.41, 5.74) is 2.55. The Hall–Kier alpha value is -0.570. The van der Waals surface area contributed by atoms with Gasteiger partial charge >= 0.3 is 0 Å². The number of benzene rings is 1. The molecule has 2 aliphatic rings. The number of halogens is 1. The highest BCUT2D eigenvalue weighted by atomic mass is 35.5. The van der Waals surface area contributed by atoms with Crippen LogP contribution >= 0.6 is 11.6 Å². The van der Waals surface area contributed by atoms with Crippen molar-refractivity contribution < 1.29 is 0 Å². The van der Waals surface area contributed by atoms with E-state index >= 15 is 0 Å². The van der Waals surface area contributed by atoms with Gasteiger partial charge in [-0.2, -0.15) is 0 Å². The number of aryl methyl sites for hydroxylation is 1. The Bertz CT molecular complexity index is 470. The van der Waals surface area contributed by atoms with Crippen molar-refractivity contribution in [2.75, 3.05) is 20.1 Å². The molecule has 1 aliphatic carbocycles. The highest BCUT2D eigenvalue weighted by Gasteiger charge is 2.32. The van der Waals surface area contributed by atoms with E-state index in [0.29, 0.717) is 12.0 Å². The van der Waals surface area contributed by atoms with Gasteiger partial charge in [-0.05, 0) is 69.3 Å². The van der Waals surface area contributed by atoms with E-state index in [1.54, 1.807) is 0 Å². The number of nitrogens with one attached hydrogen (secondary N) is 1. The van der Waals surface area contributed by atoms with Crippen molar-refractivity contribution >= 4 is 11.6 Å². The molecule has 3 heteroatoms. The molecule has 0 amide bonds. The lowest BCUT2D eigenvalue weighted by Gasteiger charge is -2.40. The Labute approximate surface area is 127 Å². The van der Waals surface area contributed by atoms with E-state index in [0.717, 1.165) is 17.6 Å². The Balaban J connectivity index is 1.78. The van der Waals surface area contributed by atoms with E-state index in [4.69, 9.17) is 11.6 Å². The molecule has 0 radical (unpaired) electrons. The first-order valence-electron chi connectivity index (χ1n) is 7.85. The van der Waals surface area contributed by atoms with Gasteiger partial charge in [-0.3, -0.25) is 4.90 Å². The van der Waals surface area contributed by atoms with E-state index in [-0.39, 0.29) is 0 Å². The van der Waals surface area contributed by atoms with Crippen molar-refractivity contribution in [3.8, 4) is 0 Å². The number of nitrogens with zero attached hydrogens (tertiary/aromatic N) is 1. The molecule has 1 aromatic carbocycles. The third kappa shape index (κ3) is 3.19. The predicted octanol–water partition coefficient (Wildman–Crippen LogP) is 3.78. The van der Waals surface area contributed by atoms with Crippen molar-refractivity contribution in [3.63, 3.8) is 0 Å². The number of rotatable bonds is 4. The van der Waals surface area contributed by atoms with Crippen molar-refractivity contribution in [2.45, 2.75) is 44.7 Å². The maximum atomic E-state index is 6.33. The van der Waals surface area contributed by atoms with Gasteiger partial charge in [0.2, 0.25) is 0 Å². The molecular formula is C17H25ClN2. The minimum Gasteiger partial charge on any atom is -0.314 e. The predicted molar refractivity (Wildman–Crippen MR) is 85.3 cm³/mol. The molecule has 2 fully saturated rings. The number of likely N-dealkylation sites (tertiary alicyclic amines) is 1. The second-order valence-electron chi connectivity index (χ2n) is 6.52. The molecule has 1 aromatic rings. The highest BCUT2D eigenvalue weighted by Crippen LogP contribution is 2.36. The SMILES string of the molecule is Cc1ccc(C2C(CNC3CC3)CCCN2C)cc1Cl. The van der Waals surface area contributed by atoms with E-state index in [2.05, 4.69) is 42.4 Å². The summed E-state index contributed by atoms with van der Waals surface area (Å²) >= 11 is 6.33. The third-order valence-electron chi connectivity index (χ3n) is 4.79. The maximum absolute atomic E-state index is 6.33. The van der Waals surface area contributed by atoms with Crippen LogP contribution < -0.4 is 5.32 Å². The first-order valence-corrected chi connectivity index (χ1v) is 8.22. The molecule has 1 aliphatic heterocycles. The van der Waals surface area contributed by atoms with Crippen LogP contribution in [0.5, 0.6) is 0 Å². The fourth-order valence-electron chi connectivity index (χ4n) is 3.40. The van der Waals surface area contributed by atoms with Crippen molar-refractivity contribution in [3.05, 3.63) is 34.3 Å². The van der Waals surface area contributed by atoms with Gasteiger partial charge in [0.1, 0.15) is 0 Å². The van der Waals surface area contributed by atoms with Crippen LogP contribution in [0, 0.1) is 12.8 Å². The molecule has 110 valence electrons. The molecule has 0 bridgehead atoms. The van der Waals surface area contributed by atoms with E-state index in [1.165, 1.54) is 43.4 Å². The molecule has 1 saturated heterocycles. The molecule has 20 heavy (non-hydrogen) atoms. The quantitative estimate of drug-likeness (QED) is 0.908. The van der Waals surface area contributed by atoms with Crippen LogP contribution in [0.15, 0.2) is 18.2 Å². The van der Waals surface area contributed by atoms with Crippen molar-refractivity contribution in [1.29, 1.82) is 0 Å². The Kier molecular flexibility index (Phi) is 4.34. The largest absolute Gasteiger partial charge is 0.314 e. The number of piperidine rings is 1. The summed E-state index contributed by atoms with van der Waals surface area (Å²) in [7, 11) is 2.25. The third-order valence-corrected chi connectivity index (χ3v) is 5.20. The summed E-state index contributed by atoms with van der Waals surface area (Å²) < 4.78 is 0. The minimum absolute atomic E-state index is 0.507. The topological polar surface area (TPSA) is 15.3 Å². The van der Waals surface area contributed by atoms with Crippen LogP contribution in [0.25, 0.3) is 0 Å². The molecule has 1 heterocycles. The molecular weight excluding hydrogens is 268 g/mol. The number of hydrogen-bond acceptors (Lipinski definition) is 2. The van der Waals surface area contributed by atoms with Gasteiger partial charge < -0.3 is 5.32 Å². The fourth-order valence-corrected chi connectivity index (χ4v) is 3.59. The summed E-state index contributed by atoms with van der Waals surface area (Å²) in [4.78, 5) is 2.50. The van der Waals surface area contributed by atoms with E-state index in [9.17, 15) is 0 Å². The maximum Gasteiger partial charge on any atom is 0.0438 e. The van der Waals surface area contributed by atoms with Gasteiger partial charge in [-0.1, -0.05) is 23.7 Å². The Morgan fingerprint density at radius 2 is 2.10 bits per heavy atom. The lowest BCUT2D eigenvalue weighted by atomic mass is 9.84. The first kappa shape index (κ1) is 14.4. The molecule has 1 N–H and O–H groups in total. The molecule has 2 atom stereocenters. The lowest BCUT2D eigenvalue weighted by molar-refractivity contribution is 0.119. The normalized spacial score (nSPS) is 27.8. The van der Waals surface area contributed by atoms with Gasteiger partial charge in [0.15, 0.2) is 0 Å². The average molecular weight is 293 g/mol. The van der Waals surface area contributed by atoms with Crippen LogP contribution in [0.4, 0.5) is 0 Å². The highest BCUT2D eigenvalue weighted by molar-refractivity contribution is 6.31. The monoisotopic (exact) mass is 292 g/mol. The summed E-state index contributed by atoms with van der Waals surface area (Å²) in [6.07, 6.45) is 5.36. The smallest absolute Gasteiger partial charge is 0.0438 e. The summed E-state index contributed by atoms with van der Waals surface area (Å²) in [5, 5.41) is 4.61. The molecule has 2 unspecified atom stereocenters.